The average Bonchev–Trinajstić information content (AvgIpc) is 2.84. The normalized spacial score (nSPS) is 19.1. The number of aromatic carboxylic acids is 1. The van der Waals surface area contributed by atoms with Gasteiger partial charge in [0.05, 0.1) is 5.56 Å². The lowest BCUT2D eigenvalue weighted by Crippen LogP contribution is -2.54. The predicted octanol–water partition coefficient (Wildman–Crippen LogP) is 0.851. The van der Waals surface area contributed by atoms with Crippen molar-refractivity contribution in [2.45, 2.75) is 13.0 Å². The molecule has 7 nitrogen and oxygen atoms in total. The number of hydrogen-bond acceptors (Lipinski definition) is 5. The zero-order valence-electron chi connectivity index (χ0n) is 10.8. The molecule has 7 heteroatoms. The van der Waals surface area contributed by atoms with Gasteiger partial charge in [-0.25, -0.2) is 4.79 Å². The highest BCUT2D eigenvalue weighted by Gasteiger charge is 2.28. The van der Waals surface area contributed by atoms with Gasteiger partial charge in [-0.3, -0.25) is 4.79 Å². The van der Waals surface area contributed by atoms with E-state index in [1.807, 2.05) is 0 Å². The molecule has 0 aliphatic carbocycles. The quantitative estimate of drug-likeness (QED) is 0.843. The van der Waals surface area contributed by atoms with Crippen LogP contribution in [0.2, 0.25) is 0 Å². The molecule has 1 aromatic carbocycles. The highest BCUT2D eigenvalue weighted by molar-refractivity contribution is 5.92. The van der Waals surface area contributed by atoms with Crippen LogP contribution >= 0.6 is 0 Å². The van der Waals surface area contributed by atoms with Crippen LogP contribution in [-0.2, 0) is 4.79 Å². The van der Waals surface area contributed by atoms with E-state index < -0.39 is 5.97 Å². The molecule has 0 spiro atoms. The van der Waals surface area contributed by atoms with E-state index in [-0.39, 0.29) is 17.5 Å². The van der Waals surface area contributed by atoms with Gasteiger partial charge in [0.2, 0.25) is 5.91 Å². The van der Waals surface area contributed by atoms with Gasteiger partial charge < -0.3 is 19.7 Å². The van der Waals surface area contributed by atoms with Crippen LogP contribution in [0, 0.1) is 0 Å². The number of oxazole rings is 1. The molecule has 1 aliphatic heterocycles. The second-order valence-corrected chi connectivity index (χ2v) is 4.64. The number of nitrogens with one attached hydrogen (secondary N) is 1. The molecular formula is C13H13N3O4. The highest BCUT2D eigenvalue weighted by Crippen LogP contribution is 2.25. The SMILES string of the molecule is CC1C(=O)NCCN1c1nc2ccc(C(=O)O)cc2o1. The summed E-state index contributed by atoms with van der Waals surface area (Å²) in [4.78, 5) is 28.6. The van der Waals surface area contributed by atoms with Gasteiger partial charge in [0.25, 0.3) is 6.01 Å². The molecule has 104 valence electrons. The van der Waals surface area contributed by atoms with E-state index in [0.717, 1.165) is 0 Å². The van der Waals surface area contributed by atoms with Crippen LogP contribution in [0.5, 0.6) is 0 Å². The van der Waals surface area contributed by atoms with Crippen molar-refractivity contribution in [1.29, 1.82) is 0 Å². The number of aromatic nitrogens is 1. The number of amides is 1. The van der Waals surface area contributed by atoms with Crippen LogP contribution in [0.1, 0.15) is 17.3 Å². The molecule has 1 saturated heterocycles. The van der Waals surface area contributed by atoms with Crippen LogP contribution in [0.4, 0.5) is 6.01 Å². The monoisotopic (exact) mass is 275 g/mol. The van der Waals surface area contributed by atoms with E-state index in [1.165, 1.54) is 12.1 Å². The highest BCUT2D eigenvalue weighted by atomic mass is 16.4. The summed E-state index contributed by atoms with van der Waals surface area (Å²) in [5, 5.41) is 11.7. The Kier molecular flexibility index (Phi) is 2.81. The molecule has 0 saturated carbocycles. The average molecular weight is 275 g/mol. The number of rotatable bonds is 2. The third-order valence-corrected chi connectivity index (χ3v) is 3.37. The van der Waals surface area contributed by atoms with Gasteiger partial charge in [0.1, 0.15) is 11.6 Å². The second kappa shape index (κ2) is 4.52. The molecule has 3 rings (SSSR count). The Hall–Kier alpha value is -2.57. The molecule has 20 heavy (non-hydrogen) atoms. The summed E-state index contributed by atoms with van der Waals surface area (Å²) in [6.07, 6.45) is 0. The van der Waals surface area contributed by atoms with Crippen molar-refractivity contribution in [3.05, 3.63) is 23.8 Å². The van der Waals surface area contributed by atoms with E-state index in [1.54, 1.807) is 17.9 Å². The van der Waals surface area contributed by atoms with Gasteiger partial charge in [-0.1, -0.05) is 0 Å². The Morgan fingerprint density at radius 1 is 1.55 bits per heavy atom. The van der Waals surface area contributed by atoms with E-state index in [2.05, 4.69) is 10.3 Å². The molecule has 2 heterocycles. The van der Waals surface area contributed by atoms with Crippen molar-refractivity contribution >= 4 is 29.0 Å². The first-order chi connectivity index (χ1) is 9.56. The molecule has 0 bridgehead atoms. The number of anilines is 1. The maximum absolute atomic E-state index is 11.6. The molecule has 1 unspecified atom stereocenters. The lowest BCUT2D eigenvalue weighted by atomic mass is 10.2. The minimum atomic E-state index is -1.02. The number of carbonyl (C=O) groups excluding carboxylic acids is 1. The van der Waals surface area contributed by atoms with Crippen LogP contribution in [-0.4, -0.2) is 41.1 Å². The predicted molar refractivity (Wildman–Crippen MR) is 70.8 cm³/mol. The Bertz CT molecular complexity index is 694. The minimum Gasteiger partial charge on any atom is -0.478 e. The zero-order chi connectivity index (χ0) is 14.3. The van der Waals surface area contributed by atoms with Crippen molar-refractivity contribution < 1.29 is 19.1 Å². The number of benzene rings is 1. The van der Waals surface area contributed by atoms with Gasteiger partial charge >= 0.3 is 5.97 Å². The van der Waals surface area contributed by atoms with Crippen LogP contribution in [0.15, 0.2) is 22.6 Å². The topological polar surface area (TPSA) is 95.7 Å². The Labute approximate surface area is 114 Å². The van der Waals surface area contributed by atoms with Crippen LogP contribution < -0.4 is 10.2 Å². The third-order valence-electron chi connectivity index (χ3n) is 3.37. The fourth-order valence-electron chi connectivity index (χ4n) is 2.21. The number of carbonyl (C=O) groups is 2. The first-order valence-corrected chi connectivity index (χ1v) is 6.24. The van der Waals surface area contributed by atoms with Crippen molar-refractivity contribution in [2.24, 2.45) is 0 Å². The van der Waals surface area contributed by atoms with Crippen molar-refractivity contribution in [2.75, 3.05) is 18.0 Å². The summed E-state index contributed by atoms with van der Waals surface area (Å²) in [5.41, 5.74) is 1.12. The van der Waals surface area contributed by atoms with Gasteiger partial charge in [0.15, 0.2) is 5.58 Å². The van der Waals surface area contributed by atoms with Crippen molar-refractivity contribution in [3.63, 3.8) is 0 Å². The molecule has 1 aliphatic rings. The Balaban J connectivity index is 2.00. The Morgan fingerprint density at radius 3 is 3.10 bits per heavy atom. The van der Waals surface area contributed by atoms with E-state index >= 15 is 0 Å². The number of carboxylic acid groups (broad SMARTS) is 1. The largest absolute Gasteiger partial charge is 0.478 e. The summed E-state index contributed by atoms with van der Waals surface area (Å²) in [6.45, 7) is 2.90. The smallest absolute Gasteiger partial charge is 0.335 e. The summed E-state index contributed by atoms with van der Waals surface area (Å²) in [7, 11) is 0. The standard InChI is InChI=1S/C13H13N3O4/c1-7-11(17)14-4-5-16(7)13-15-9-3-2-8(12(18)19)6-10(9)20-13/h2-3,6-7H,4-5H2,1H3,(H,14,17)(H,18,19). The van der Waals surface area contributed by atoms with Gasteiger partial charge in [0, 0.05) is 13.1 Å². The summed E-state index contributed by atoms with van der Waals surface area (Å²) >= 11 is 0. The van der Waals surface area contributed by atoms with Crippen molar-refractivity contribution in [3.8, 4) is 0 Å². The summed E-state index contributed by atoms with van der Waals surface area (Å²) < 4.78 is 5.59. The fourth-order valence-corrected chi connectivity index (χ4v) is 2.21. The maximum Gasteiger partial charge on any atom is 0.335 e. The van der Waals surface area contributed by atoms with Crippen LogP contribution in [0.3, 0.4) is 0 Å². The van der Waals surface area contributed by atoms with Crippen LogP contribution in [0.25, 0.3) is 11.1 Å². The van der Waals surface area contributed by atoms with E-state index in [9.17, 15) is 9.59 Å². The molecular weight excluding hydrogens is 262 g/mol. The lowest BCUT2D eigenvalue weighted by molar-refractivity contribution is -0.123. The number of piperazine rings is 1. The maximum atomic E-state index is 11.6. The first-order valence-electron chi connectivity index (χ1n) is 6.24. The number of nitrogens with zero attached hydrogens (tertiary/aromatic N) is 2. The number of fused-ring (bicyclic) bond motifs is 1. The van der Waals surface area contributed by atoms with E-state index in [0.29, 0.717) is 30.2 Å². The van der Waals surface area contributed by atoms with E-state index in [4.69, 9.17) is 9.52 Å². The molecule has 1 amide bonds. The molecule has 1 aromatic heterocycles. The fraction of sp³-hybridized carbons (Fsp3) is 0.308. The minimum absolute atomic E-state index is 0.0790. The molecule has 2 aromatic rings. The van der Waals surface area contributed by atoms with Crippen molar-refractivity contribution in [1.82, 2.24) is 10.3 Å². The lowest BCUT2D eigenvalue weighted by Gasteiger charge is -2.31. The zero-order valence-corrected chi connectivity index (χ0v) is 10.8. The molecule has 2 N–H and O–H groups in total. The molecule has 0 radical (unpaired) electrons. The summed E-state index contributed by atoms with van der Waals surface area (Å²) in [5.74, 6) is -1.10. The molecule has 1 atom stereocenters. The van der Waals surface area contributed by atoms with Gasteiger partial charge in [-0.2, -0.15) is 4.98 Å². The Morgan fingerprint density at radius 2 is 2.35 bits per heavy atom. The number of carboxylic acids is 1. The first kappa shape index (κ1) is 12.5. The van der Waals surface area contributed by atoms with Gasteiger partial charge in [-0.15, -0.1) is 0 Å². The number of hydrogen-bond donors (Lipinski definition) is 2. The molecule has 1 fully saturated rings. The third kappa shape index (κ3) is 1.97. The second-order valence-electron chi connectivity index (χ2n) is 4.64. The summed E-state index contributed by atoms with van der Waals surface area (Å²) in [6, 6.07) is 4.48. The van der Waals surface area contributed by atoms with Gasteiger partial charge in [-0.05, 0) is 25.1 Å².